The summed E-state index contributed by atoms with van der Waals surface area (Å²) < 4.78 is 39.2. The Labute approximate surface area is 136 Å². The molecular formula is C17H15F3N2O2. The summed E-state index contributed by atoms with van der Waals surface area (Å²) in [6, 6.07) is 8.92. The van der Waals surface area contributed by atoms with Crippen LogP contribution in [-0.2, 0) is 11.2 Å². The number of carbonyl (C=O) groups is 2. The fourth-order valence-electron chi connectivity index (χ4n) is 2.00. The van der Waals surface area contributed by atoms with Crippen LogP contribution in [-0.4, -0.2) is 24.9 Å². The van der Waals surface area contributed by atoms with Gasteiger partial charge in [0.05, 0.1) is 6.54 Å². The van der Waals surface area contributed by atoms with Gasteiger partial charge in [0.2, 0.25) is 5.91 Å². The topological polar surface area (TPSA) is 58.2 Å². The Morgan fingerprint density at radius 1 is 0.875 bits per heavy atom. The van der Waals surface area contributed by atoms with E-state index in [0.29, 0.717) is 12.0 Å². The second-order valence-electron chi connectivity index (χ2n) is 5.00. The van der Waals surface area contributed by atoms with Crippen LogP contribution in [0.15, 0.2) is 42.5 Å². The molecule has 4 nitrogen and oxygen atoms in total. The van der Waals surface area contributed by atoms with Crippen LogP contribution in [0.4, 0.5) is 13.2 Å². The maximum absolute atomic E-state index is 13.4. The van der Waals surface area contributed by atoms with E-state index in [1.807, 2.05) is 0 Å². The van der Waals surface area contributed by atoms with Gasteiger partial charge in [-0.3, -0.25) is 9.59 Å². The van der Waals surface area contributed by atoms with E-state index in [4.69, 9.17) is 0 Å². The first kappa shape index (κ1) is 17.5. The van der Waals surface area contributed by atoms with Crippen molar-refractivity contribution in [1.29, 1.82) is 0 Å². The van der Waals surface area contributed by atoms with E-state index < -0.39 is 23.4 Å². The van der Waals surface area contributed by atoms with Crippen LogP contribution in [0.25, 0.3) is 0 Å². The summed E-state index contributed by atoms with van der Waals surface area (Å²) >= 11 is 0. The second kappa shape index (κ2) is 8.14. The Kier molecular flexibility index (Phi) is 5.95. The average molecular weight is 336 g/mol. The van der Waals surface area contributed by atoms with Gasteiger partial charge in [0.1, 0.15) is 5.82 Å². The highest BCUT2D eigenvalue weighted by Gasteiger charge is 2.11. The zero-order valence-electron chi connectivity index (χ0n) is 12.6. The minimum atomic E-state index is -1.14. The molecule has 0 saturated carbocycles. The largest absolute Gasteiger partial charge is 0.354 e. The highest BCUT2D eigenvalue weighted by atomic mass is 19.2. The van der Waals surface area contributed by atoms with Crippen molar-refractivity contribution in [1.82, 2.24) is 10.6 Å². The summed E-state index contributed by atoms with van der Waals surface area (Å²) in [4.78, 5) is 23.3. The molecule has 0 heterocycles. The van der Waals surface area contributed by atoms with Crippen molar-refractivity contribution in [3.8, 4) is 0 Å². The van der Waals surface area contributed by atoms with Crippen molar-refractivity contribution in [2.45, 2.75) is 6.42 Å². The molecule has 0 fully saturated rings. The van der Waals surface area contributed by atoms with Gasteiger partial charge in [-0.15, -0.1) is 0 Å². The molecule has 0 spiro atoms. The van der Waals surface area contributed by atoms with Gasteiger partial charge in [-0.25, -0.2) is 13.2 Å². The molecule has 7 heteroatoms. The summed E-state index contributed by atoms with van der Waals surface area (Å²) in [5.41, 5.74) is 0.386. The van der Waals surface area contributed by atoms with E-state index in [1.165, 1.54) is 6.07 Å². The predicted molar refractivity (Wildman–Crippen MR) is 81.8 cm³/mol. The molecule has 24 heavy (non-hydrogen) atoms. The van der Waals surface area contributed by atoms with Gasteiger partial charge >= 0.3 is 0 Å². The number of hydrogen-bond acceptors (Lipinski definition) is 2. The summed E-state index contributed by atoms with van der Waals surface area (Å²) in [5.74, 6) is -3.71. The van der Waals surface area contributed by atoms with E-state index >= 15 is 0 Å². The third-order valence-corrected chi connectivity index (χ3v) is 3.27. The number of benzene rings is 2. The molecule has 0 aromatic heterocycles. The van der Waals surface area contributed by atoms with Crippen LogP contribution in [0, 0.1) is 17.5 Å². The van der Waals surface area contributed by atoms with Crippen LogP contribution in [0.5, 0.6) is 0 Å². The molecule has 2 aromatic rings. The molecule has 0 saturated heterocycles. The van der Waals surface area contributed by atoms with E-state index in [2.05, 4.69) is 10.6 Å². The highest BCUT2D eigenvalue weighted by molar-refractivity contribution is 5.96. The summed E-state index contributed by atoms with van der Waals surface area (Å²) in [5, 5.41) is 4.82. The van der Waals surface area contributed by atoms with Gasteiger partial charge in [-0.2, -0.15) is 0 Å². The van der Waals surface area contributed by atoms with Crippen molar-refractivity contribution in [3.63, 3.8) is 0 Å². The first-order valence-electron chi connectivity index (χ1n) is 7.20. The number of nitrogens with one attached hydrogen (secondary N) is 2. The van der Waals surface area contributed by atoms with Crippen molar-refractivity contribution >= 4 is 11.8 Å². The lowest BCUT2D eigenvalue weighted by atomic mass is 10.1. The second-order valence-corrected chi connectivity index (χ2v) is 5.00. The smallest absolute Gasteiger partial charge is 0.251 e. The first-order chi connectivity index (χ1) is 11.5. The molecule has 0 unspecified atom stereocenters. The summed E-state index contributed by atoms with van der Waals surface area (Å²) in [7, 11) is 0. The van der Waals surface area contributed by atoms with Gasteiger partial charge < -0.3 is 10.6 Å². The SMILES string of the molecule is O=C(CNC(=O)c1ccc(F)c(F)c1)NCCc1ccccc1F. The van der Waals surface area contributed by atoms with Crippen LogP contribution < -0.4 is 10.6 Å². The molecule has 0 bridgehead atoms. The molecule has 0 aliphatic heterocycles. The zero-order chi connectivity index (χ0) is 17.5. The zero-order valence-corrected chi connectivity index (χ0v) is 12.6. The lowest BCUT2D eigenvalue weighted by Crippen LogP contribution is -2.37. The predicted octanol–water partition coefficient (Wildman–Crippen LogP) is 2.19. The quantitative estimate of drug-likeness (QED) is 0.850. The minimum absolute atomic E-state index is 0.0898. The highest BCUT2D eigenvalue weighted by Crippen LogP contribution is 2.08. The van der Waals surface area contributed by atoms with Gasteiger partial charge in [0.15, 0.2) is 11.6 Å². The van der Waals surface area contributed by atoms with Crippen LogP contribution >= 0.6 is 0 Å². The first-order valence-corrected chi connectivity index (χ1v) is 7.20. The Bertz CT molecular complexity index is 750. The van der Waals surface area contributed by atoms with Crippen molar-refractivity contribution in [2.75, 3.05) is 13.1 Å². The third kappa shape index (κ3) is 4.84. The molecule has 2 N–H and O–H groups in total. The molecule has 0 atom stereocenters. The van der Waals surface area contributed by atoms with E-state index in [-0.39, 0.29) is 24.5 Å². The summed E-state index contributed by atoms with van der Waals surface area (Å²) in [6.45, 7) is -0.115. The molecule has 0 aliphatic carbocycles. The molecule has 0 aliphatic rings. The third-order valence-electron chi connectivity index (χ3n) is 3.27. The van der Waals surface area contributed by atoms with Gasteiger partial charge in [-0.05, 0) is 36.2 Å². The molecule has 2 rings (SSSR count). The lowest BCUT2D eigenvalue weighted by Gasteiger charge is -2.08. The molecule has 0 radical (unpaired) electrons. The standard InChI is InChI=1S/C17H15F3N2O2/c18-13-4-2-1-3-11(13)7-8-21-16(23)10-22-17(24)12-5-6-14(19)15(20)9-12/h1-6,9H,7-8,10H2,(H,21,23)(H,22,24). The Balaban J connectivity index is 1.75. The minimum Gasteiger partial charge on any atom is -0.354 e. The van der Waals surface area contributed by atoms with Crippen LogP contribution in [0.2, 0.25) is 0 Å². The summed E-state index contributed by atoms with van der Waals surface area (Å²) in [6.07, 6.45) is 0.315. The monoisotopic (exact) mass is 336 g/mol. The Hall–Kier alpha value is -2.83. The normalized spacial score (nSPS) is 10.3. The number of hydrogen-bond donors (Lipinski definition) is 2. The Morgan fingerprint density at radius 3 is 2.33 bits per heavy atom. The fraction of sp³-hybridized carbons (Fsp3) is 0.176. The van der Waals surface area contributed by atoms with Crippen LogP contribution in [0.3, 0.4) is 0 Å². The number of halogens is 3. The van der Waals surface area contributed by atoms with E-state index in [9.17, 15) is 22.8 Å². The molecule has 2 aromatic carbocycles. The van der Waals surface area contributed by atoms with Crippen LogP contribution in [0.1, 0.15) is 15.9 Å². The number of amides is 2. The van der Waals surface area contributed by atoms with Gasteiger partial charge in [-0.1, -0.05) is 18.2 Å². The van der Waals surface area contributed by atoms with E-state index in [0.717, 1.165) is 18.2 Å². The maximum Gasteiger partial charge on any atom is 0.251 e. The molecule has 2 amide bonds. The molecular weight excluding hydrogens is 321 g/mol. The number of rotatable bonds is 6. The van der Waals surface area contributed by atoms with Gasteiger partial charge in [0.25, 0.3) is 5.91 Å². The average Bonchev–Trinajstić information content (AvgIpc) is 2.57. The van der Waals surface area contributed by atoms with Crippen molar-refractivity contribution in [2.24, 2.45) is 0 Å². The van der Waals surface area contributed by atoms with Crippen molar-refractivity contribution in [3.05, 3.63) is 71.0 Å². The maximum atomic E-state index is 13.4. The number of carbonyl (C=O) groups excluding carboxylic acids is 2. The Morgan fingerprint density at radius 2 is 1.62 bits per heavy atom. The van der Waals surface area contributed by atoms with E-state index in [1.54, 1.807) is 18.2 Å². The fourth-order valence-corrected chi connectivity index (χ4v) is 2.00. The van der Waals surface area contributed by atoms with Gasteiger partial charge in [0, 0.05) is 12.1 Å². The molecule has 126 valence electrons. The van der Waals surface area contributed by atoms with Crippen molar-refractivity contribution < 1.29 is 22.8 Å². The lowest BCUT2D eigenvalue weighted by molar-refractivity contribution is -0.120.